The van der Waals surface area contributed by atoms with Crippen molar-refractivity contribution < 1.29 is 9.84 Å². The fraction of sp³-hybridized carbons (Fsp3) is 0.200. The van der Waals surface area contributed by atoms with Gasteiger partial charge in [-0.05, 0) is 62.7 Å². The van der Waals surface area contributed by atoms with Gasteiger partial charge in [-0.25, -0.2) is 0 Å². The molecule has 2 aromatic carbocycles. The maximum atomic E-state index is 9.75. The lowest BCUT2D eigenvalue weighted by atomic mass is 10.1. The molecule has 0 aliphatic heterocycles. The molecule has 0 aliphatic rings. The summed E-state index contributed by atoms with van der Waals surface area (Å²) in [5.74, 6) is 0.575. The number of ether oxygens (including phenoxy) is 1. The molecule has 0 aliphatic carbocycles. The number of aromatic nitrogens is 1. The van der Waals surface area contributed by atoms with Crippen LogP contribution in [0.5, 0.6) is 11.5 Å². The van der Waals surface area contributed by atoms with Crippen LogP contribution in [0.4, 0.5) is 5.69 Å². The second-order valence-corrected chi connectivity index (χ2v) is 5.86. The Morgan fingerprint density at radius 2 is 2.00 bits per heavy atom. The summed E-state index contributed by atoms with van der Waals surface area (Å²) in [6, 6.07) is 13.3. The number of pyridine rings is 1. The van der Waals surface area contributed by atoms with E-state index >= 15 is 0 Å². The number of hydrazone groups is 1. The van der Waals surface area contributed by atoms with E-state index in [-0.39, 0.29) is 5.75 Å². The number of anilines is 1. The van der Waals surface area contributed by atoms with Crippen molar-refractivity contribution in [1.82, 2.24) is 4.98 Å². The highest BCUT2D eigenvalue weighted by Gasteiger charge is 2.04. The van der Waals surface area contributed by atoms with Gasteiger partial charge >= 0.3 is 0 Å². The van der Waals surface area contributed by atoms with Gasteiger partial charge < -0.3 is 9.84 Å². The zero-order valence-corrected chi connectivity index (χ0v) is 14.6. The highest BCUT2D eigenvalue weighted by molar-refractivity contribution is 5.92. The zero-order valence-electron chi connectivity index (χ0n) is 14.6. The number of nitrogens with zero attached hydrogens (tertiary/aromatic N) is 2. The summed E-state index contributed by atoms with van der Waals surface area (Å²) in [6.45, 7) is 6.38. The molecule has 3 rings (SSSR count). The normalized spacial score (nSPS) is 11.2. The van der Waals surface area contributed by atoms with E-state index in [1.807, 2.05) is 32.0 Å². The van der Waals surface area contributed by atoms with E-state index in [4.69, 9.17) is 4.74 Å². The molecule has 5 heteroatoms. The van der Waals surface area contributed by atoms with Crippen molar-refractivity contribution in [3.05, 3.63) is 59.3 Å². The average Bonchev–Trinajstić information content (AvgIpc) is 2.58. The van der Waals surface area contributed by atoms with Crippen LogP contribution < -0.4 is 10.2 Å². The number of aryl methyl sites for hydroxylation is 2. The molecule has 0 bridgehead atoms. The average molecular weight is 335 g/mol. The van der Waals surface area contributed by atoms with Crippen LogP contribution in [0.3, 0.4) is 0 Å². The van der Waals surface area contributed by atoms with Gasteiger partial charge in [-0.3, -0.25) is 10.4 Å². The van der Waals surface area contributed by atoms with Crippen molar-refractivity contribution in [2.45, 2.75) is 20.8 Å². The van der Waals surface area contributed by atoms with E-state index in [2.05, 4.69) is 28.5 Å². The van der Waals surface area contributed by atoms with Crippen LogP contribution in [-0.2, 0) is 0 Å². The van der Waals surface area contributed by atoms with E-state index in [1.165, 1.54) is 5.56 Å². The predicted octanol–water partition coefficient (Wildman–Crippen LogP) is 4.40. The first-order valence-electron chi connectivity index (χ1n) is 8.19. The molecule has 0 spiro atoms. The summed E-state index contributed by atoms with van der Waals surface area (Å²) < 4.78 is 5.39. The van der Waals surface area contributed by atoms with Gasteiger partial charge in [0.2, 0.25) is 0 Å². The van der Waals surface area contributed by atoms with Crippen molar-refractivity contribution >= 4 is 22.8 Å². The van der Waals surface area contributed by atoms with E-state index < -0.39 is 0 Å². The Labute approximate surface area is 147 Å². The van der Waals surface area contributed by atoms with Crippen LogP contribution in [0.1, 0.15) is 23.7 Å². The molecule has 0 amide bonds. The van der Waals surface area contributed by atoms with Crippen LogP contribution in [0, 0.1) is 13.8 Å². The quantitative estimate of drug-likeness (QED) is 0.536. The van der Waals surface area contributed by atoms with Crippen molar-refractivity contribution in [3.8, 4) is 11.5 Å². The molecule has 0 atom stereocenters. The molecule has 2 N–H and O–H groups in total. The molecule has 5 nitrogen and oxygen atoms in total. The van der Waals surface area contributed by atoms with Gasteiger partial charge in [0.25, 0.3) is 0 Å². The first kappa shape index (κ1) is 16.8. The smallest absolute Gasteiger partial charge is 0.161 e. The highest BCUT2D eigenvalue weighted by atomic mass is 16.5. The van der Waals surface area contributed by atoms with Gasteiger partial charge in [0.15, 0.2) is 11.5 Å². The third-order valence-corrected chi connectivity index (χ3v) is 3.77. The largest absolute Gasteiger partial charge is 0.504 e. The SMILES string of the molecule is CCOc1cc(/C=N/Nc2cc(C)nc3ccc(C)cc23)ccc1O. The summed E-state index contributed by atoms with van der Waals surface area (Å²) in [5.41, 5.74) is 7.87. The lowest BCUT2D eigenvalue weighted by Gasteiger charge is -2.08. The van der Waals surface area contributed by atoms with Gasteiger partial charge in [-0.15, -0.1) is 0 Å². The van der Waals surface area contributed by atoms with Gasteiger partial charge in [-0.2, -0.15) is 5.10 Å². The first-order valence-corrected chi connectivity index (χ1v) is 8.19. The van der Waals surface area contributed by atoms with E-state index in [9.17, 15) is 5.11 Å². The van der Waals surface area contributed by atoms with Crippen molar-refractivity contribution in [3.63, 3.8) is 0 Å². The summed E-state index contributed by atoms with van der Waals surface area (Å²) >= 11 is 0. The minimum Gasteiger partial charge on any atom is -0.504 e. The number of benzene rings is 2. The first-order chi connectivity index (χ1) is 12.1. The molecule has 25 heavy (non-hydrogen) atoms. The Morgan fingerprint density at radius 1 is 1.16 bits per heavy atom. The van der Waals surface area contributed by atoms with Gasteiger partial charge in [0, 0.05) is 11.1 Å². The van der Waals surface area contributed by atoms with Crippen molar-refractivity contribution in [2.24, 2.45) is 5.10 Å². The Morgan fingerprint density at radius 3 is 2.80 bits per heavy atom. The third kappa shape index (κ3) is 3.88. The molecule has 0 fully saturated rings. The lowest BCUT2D eigenvalue weighted by Crippen LogP contribution is -1.96. The number of hydrogen-bond donors (Lipinski definition) is 2. The second-order valence-electron chi connectivity index (χ2n) is 5.86. The molecule has 3 aromatic rings. The Bertz CT molecular complexity index is 936. The maximum absolute atomic E-state index is 9.75. The molecule has 128 valence electrons. The monoisotopic (exact) mass is 335 g/mol. The fourth-order valence-electron chi connectivity index (χ4n) is 2.62. The van der Waals surface area contributed by atoms with Crippen molar-refractivity contribution in [2.75, 3.05) is 12.0 Å². The molecule has 0 saturated carbocycles. The number of aromatic hydroxyl groups is 1. The molecule has 1 heterocycles. The fourth-order valence-corrected chi connectivity index (χ4v) is 2.62. The van der Waals surface area contributed by atoms with E-state index in [1.54, 1.807) is 24.4 Å². The van der Waals surface area contributed by atoms with Crippen LogP contribution in [0.15, 0.2) is 47.6 Å². The van der Waals surface area contributed by atoms with Crippen LogP contribution >= 0.6 is 0 Å². The Balaban J connectivity index is 1.86. The van der Waals surface area contributed by atoms with Gasteiger partial charge in [0.1, 0.15) is 0 Å². The zero-order chi connectivity index (χ0) is 17.8. The molecule has 0 radical (unpaired) electrons. The van der Waals surface area contributed by atoms with E-state index in [0.29, 0.717) is 12.4 Å². The second kappa shape index (κ2) is 7.21. The third-order valence-electron chi connectivity index (χ3n) is 3.77. The summed E-state index contributed by atoms with van der Waals surface area (Å²) in [5, 5.41) is 15.1. The number of hydrogen-bond acceptors (Lipinski definition) is 5. The van der Waals surface area contributed by atoms with Gasteiger partial charge in [0.05, 0.1) is 24.0 Å². The maximum Gasteiger partial charge on any atom is 0.161 e. The molecule has 0 saturated heterocycles. The minimum atomic E-state index is 0.123. The molecule has 0 unspecified atom stereocenters. The summed E-state index contributed by atoms with van der Waals surface area (Å²) in [6.07, 6.45) is 1.69. The van der Waals surface area contributed by atoms with Crippen LogP contribution in [-0.4, -0.2) is 22.9 Å². The Kier molecular flexibility index (Phi) is 4.84. The highest BCUT2D eigenvalue weighted by Crippen LogP contribution is 2.27. The van der Waals surface area contributed by atoms with E-state index in [0.717, 1.165) is 27.8 Å². The van der Waals surface area contributed by atoms with Crippen LogP contribution in [0.25, 0.3) is 10.9 Å². The molecular formula is C20H21N3O2. The van der Waals surface area contributed by atoms with Gasteiger partial charge in [-0.1, -0.05) is 11.6 Å². The lowest BCUT2D eigenvalue weighted by molar-refractivity contribution is 0.318. The number of phenolic OH excluding ortho intramolecular Hbond substituents is 1. The predicted molar refractivity (Wildman–Crippen MR) is 102 cm³/mol. The number of nitrogens with one attached hydrogen (secondary N) is 1. The van der Waals surface area contributed by atoms with Crippen molar-refractivity contribution in [1.29, 1.82) is 0 Å². The Hall–Kier alpha value is -3.08. The standard InChI is InChI=1S/C20H21N3O2/c1-4-25-20-11-15(6-8-19(20)24)12-21-23-18-10-14(3)22-17-7-5-13(2)9-16(17)18/h5-12,24H,4H2,1-3H3,(H,22,23)/b21-12+. The molecular weight excluding hydrogens is 314 g/mol. The topological polar surface area (TPSA) is 66.7 Å². The number of phenols is 1. The number of fused-ring (bicyclic) bond motifs is 1. The molecule has 1 aromatic heterocycles. The summed E-state index contributed by atoms with van der Waals surface area (Å²) in [7, 11) is 0. The van der Waals surface area contributed by atoms with Crippen LogP contribution in [0.2, 0.25) is 0 Å². The number of rotatable bonds is 5. The summed E-state index contributed by atoms with van der Waals surface area (Å²) in [4.78, 5) is 4.55. The minimum absolute atomic E-state index is 0.123.